The maximum absolute atomic E-state index is 13.3. The second-order valence-electron chi connectivity index (χ2n) is 6.39. The number of nitrogens with two attached hydrogens (primary N) is 1. The molecule has 1 aromatic rings. The van der Waals surface area contributed by atoms with Gasteiger partial charge in [0.1, 0.15) is 0 Å². The summed E-state index contributed by atoms with van der Waals surface area (Å²) in [5.41, 5.74) is 3.12. The van der Waals surface area contributed by atoms with Crippen LogP contribution in [0.15, 0.2) is 18.2 Å². The highest BCUT2D eigenvalue weighted by atomic mass is 19.4. The minimum Gasteiger partial charge on any atom is -0.324 e. The molecule has 1 atom stereocenters. The molecule has 7 heteroatoms. The zero-order valence-electron chi connectivity index (χ0n) is 12.9. The number of rotatable bonds is 3. The van der Waals surface area contributed by atoms with Crippen molar-refractivity contribution in [1.29, 1.82) is 0 Å². The van der Waals surface area contributed by atoms with Gasteiger partial charge in [0.2, 0.25) is 0 Å². The Labute approximate surface area is 126 Å². The van der Waals surface area contributed by atoms with Crippen LogP contribution in [0, 0.1) is 5.41 Å². The molecule has 0 aromatic heterocycles. The fraction of sp³-hybridized carbons (Fsp3) is 0.533. The molecule has 1 aromatic carbocycles. The van der Waals surface area contributed by atoms with Crippen LogP contribution in [0.4, 0.5) is 23.2 Å². The van der Waals surface area contributed by atoms with Gasteiger partial charge in [-0.15, -0.1) is 0 Å². The van der Waals surface area contributed by atoms with Crippen molar-refractivity contribution in [1.82, 2.24) is 0 Å². The summed E-state index contributed by atoms with van der Waals surface area (Å²) in [6, 6.07) is 3.29. The van der Waals surface area contributed by atoms with E-state index in [4.69, 9.17) is 5.73 Å². The van der Waals surface area contributed by atoms with Crippen LogP contribution in [0.3, 0.4) is 0 Å². The van der Waals surface area contributed by atoms with E-state index in [1.54, 1.807) is 20.8 Å². The summed E-state index contributed by atoms with van der Waals surface area (Å²) in [6.07, 6.45) is -4.64. The van der Waals surface area contributed by atoms with Gasteiger partial charge in [0.15, 0.2) is 6.67 Å². The normalized spacial score (nSPS) is 15.3. The molecular formula is C15H20F4N2O. The first kappa shape index (κ1) is 18.4. The minimum absolute atomic E-state index is 0.0780. The van der Waals surface area contributed by atoms with Crippen molar-refractivity contribution in [2.75, 3.05) is 12.0 Å². The quantitative estimate of drug-likeness (QED) is 0.832. The molecule has 0 saturated carbocycles. The number of halogens is 4. The number of hydrogen-bond donors (Lipinski definition) is 2. The minimum atomic E-state index is -4.64. The van der Waals surface area contributed by atoms with Crippen molar-refractivity contribution in [3.05, 3.63) is 29.3 Å². The van der Waals surface area contributed by atoms with Crippen molar-refractivity contribution in [2.45, 2.75) is 39.4 Å². The van der Waals surface area contributed by atoms with Crippen LogP contribution in [0.5, 0.6) is 0 Å². The Balaban J connectivity index is 3.45. The first-order valence-corrected chi connectivity index (χ1v) is 6.67. The number of amides is 1. The lowest BCUT2D eigenvalue weighted by Gasteiger charge is -2.40. The molecule has 3 nitrogen and oxygen atoms in total. The molecule has 0 spiro atoms. The molecule has 22 heavy (non-hydrogen) atoms. The average Bonchev–Trinajstić information content (AvgIpc) is 2.35. The van der Waals surface area contributed by atoms with Gasteiger partial charge in [0, 0.05) is 11.2 Å². The van der Waals surface area contributed by atoms with E-state index < -0.39 is 35.3 Å². The third-order valence-corrected chi connectivity index (χ3v) is 3.85. The highest BCUT2D eigenvalue weighted by molar-refractivity contribution is 5.91. The molecule has 0 fully saturated rings. The summed E-state index contributed by atoms with van der Waals surface area (Å²) >= 11 is 0. The fourth-order valence-corrected chi connectivity index (χ4v) is 1.91. The number of carbonyl (C=O) groups is 1. The van der Waals surface area contributed by atoms with Crippen molar-refractivity contribution < 1.29 is 22.4 Å². The number of benzene rings is 1. The van der Waals surface area contributed by atoms with Crippen LogP contribution in [0.1, 0.15) is 38.8 Å². The molecule has 0 aliphatic heterocycles. The molecule has 0 aliphatic carbocycles. The molecule has 1 amide bonds. The number of alkyl halides is 4. The van der Waals surface area contributed by atoms with Crippen LogP contribution in [0.2, 0.25) is 0 Å². The summed E-state index contributed by atoms with van der Waals surface area (Å²) in [5, 5.41) is 2.07. The van der Waals surface area contributed by atoms with E-state index >= 15 is 0 Å². The van der Waals surface area contributed by atoms with Gasteiger partial charge in [-0.2, -0.15) is 13.2 Å². The summed E-state index contributed by atoms with van der Waals surface area (Å²) in [4.78, 5) is 11.0. The maximum Gasteiger partial charge on any atom is 0.416 e. The van der Waals surface area contributed by atoms with E-state index in [2.05, 4.69) is 5.32 Å². The molecule has 0 aliphatic rings. The van der Waals surface area contributed by atoms with Gasteiger partial charge in [-0.05, 0) is 30.0 Å². The molecule has 0 saturated heterocycles. The van der Waals surface area contributed by atoms with E-state index in [0.29, 0.717) is 0 Å². The largest absolute Gasteiger partial charge is 0.416 e. The number of anilines is 1. The van der Waals surface area contributed by atoms with Crippen LogP contribution < -0.4 is 11.1 Å². The smallest absolute Gasteiger partial charge is 0.324 e. The third kappa shape index (κ3) is 3.76. The van der Waals surface area contributed by atoms with E-state index in [1.165, 1.54) is 19.1 Å². The Morgan fingerprint density at radius 3 is 2.09 bits per heavy atom. The Hall–Kier alpha value is -1.63. The van der Waals surface area contributed by atoms with Crippen LogP contribution in [-0.4, -0.2) is 12.6 Å². The van der Waals surface area contributed by atoms with Crippen molar-refractivity contribution in [2.24, 2.45) is 11.1 Å². The summed E-state index contributed by atoms with van der Waals surface area (Å²) in [7, 11) is 0. The average molecular weight is 320 g/mol. The van der Waals surface area contributed by atoms with E-state index in [9.17, 15) is 22.4 Å². The Bertz CT molecular complexity index is 560. The highest BCUT2D eigenvalue weighted by Crippen LogP contribution is 2.43. The maximum atomic E-state index is 13.3. The van der Waals surface area contributed by atoms with E-state index in [0.717, 1.165) is 6.07 Å². The molecule has 3 N–H and O–H groups in total. The summed E-state index contributed by atoms with van der Waals surface area (Å²) in [5.74, 6) is -1.01. The van der Waals surface area contributed by atoms with Crippen molar-refractivity contribution in [3.8, 4) is 0 Å². The Kier molecular flexibility index (Phi) is 4.91. The molecule has 0 heterocycles. The number of hydrogen-bond acceptors (Lipinski definition) is 2. The van der Waals surface area contributed by atoms with Gasteiger partial charge in [-0.25, -0.2) is 4.39 Å². The lowest BCUT2D eigenvalue weighted by molar-refractivity contribution is -0.139. The highest BCUT2D eigenvalue weighted by Gasteiger charge is 2.43. The third-order valence-electron chi connectivity index (χ3n) is 3.85. The van der Waals surface area contributed by atoms with Gasteiger partial charge >= 0.3 is 6.18 Å². The number of nitrogens with one attached hydrogen (secondary N) is 1. The van der Waals surface area contributed by atoms with Gasteiger partial charge in [0.25, 0.3) is 5.91 Å². The van der Waals surface area contributed by atoms with Gasteiger partial charge < -0.3 is 11.1 Å². The van der Waals surface area contributed by atoms with E-state index in [-0.39, 0.29) is 11.3 Å². The van der Waals surface area contributed by atoms with Gasteiger partial charge in [-0.3, -0.25) is 4.79 Å². The van der Waals surface area contributed by atoms with Crippen molar-refractivity contribution >= 4 is 11.6 Å². The molecule has 0 radical (unpaired) electrons. The predicted octanol–water partition coefficient (Wildman–Crippen LogP) is 3.83. The topological polar surface area (TPSA) is 55.1 Å². The van der Waals surface area contributed by atoms with E-state index in [1.807, 2.05) is 0 Å². The monoisotopic (exact) mass is 320 g/mol. The number of carbonyl (C=O) groups excluding carboxylic acids is 1. The summed E-state index contributed by atoms with van der Waals surface area (Å²) in [6.45, 7) is 5.45. The Morgan fingerprint density at radius 1 is 1.14 bits per heavy atom. The van der Waals surface area contributed by atoms with Crippen LogP contribution in [0.25, 0.3) is 0 Å². The standard InChI is InChI=1S/C15H20F4N2O/c1-13(2,3)14(4,20)10-6-5-9(21-12(22)8-16)7-11(10)15(17,18)19/h5-7H,8,20H2,1-4H3,(H,21,22). The first-order valence-electron chi connectivity index (χ1n) is 6.67. The Morgan fingerprint density at radius 2 is 1.68 bits per heavy atom. The lowest BCUT2D eigenvalue weighted by atomic mass is 9.70. The lowest BCUT2D eigenvalue weighted by Crippen LogP contribution is -2.46. The predicted molar refractivity (Wildman–Crippen MR) is 77.0 cm³/mol. The van der Waals surface area contributed by atoms with Gasteiger partial charge in [0.05, 0.1) is 5.56 Å². The zero-order valence-corrected chi connectivity index (χ0v) is 12.9. The second-order valence-corrected chi connectivity index (χ2v) is 6.39. The fourth-order valence-electron chi connectivity index (χ4n) is 1.91. The molecule has 0 bridgehead atoms. The SMILES string of the molecule is CC(C)(C)C(C)(N)c1ccc(NC(=O)CF)cc1C(F)(F)F. The summed E-state index contributed by atoms with van der Waals surface area (Å²) < 4.78 is 52.1. The van der Waals surface area contributed by atoms with Gasteiger partial charge in [-0.1, -0.05) is 26.8 Å². The van der Waals surface area contributed by atoms with Crippen LogP contribution in [-0.2, 0) is 16.5 Å². The second kappa shape index (κ2) is 5.87. The zero-order chi connectivity index (χ0) is 17.3. The van der Waals surface area contributed by atoms with Crippen molar-refractivity contribution in [3.63, 3.8) is 0 Å². The molecular weight excluding hydrogens is 300 g/mol. The molecule has 1 rings (SSSR count). The van der Waals surface area contributed by atoms with Crippen LogP contribution >= 0.6 is 0 Å². The molecule has 124 valence electrons. The first-order chi connectivity index (χ1) is 9.80. The molecule has 1 unspecified atom stereocenters.